The van der Waals surface area contributed by atoms with E-state index >= 15 is 0 Å². The van der Waals surface area contributed by atoms with Crippen LogP contribution in [0.1, 0.15) is 22.6 Å². The molecule has 0 saturated heterocycles. The summed E-state index contributed by atoms with van der Waals surface area (Å²) in [5.41, 5.74) is 4.30. The molecule has 0 bridgehead atoms. The third-order valence-electron chi connectivity index (χ3n) is 5.50. The number of carbonyl (C=O) groups is 1. The van der Waals surface area contributed by atoms with Crippen molar-refractivity contribution >= 4 is 22.9 Å². The molecular weight excluding hydrogens is 388 g/mol. The van der Waals surface area contributed by atoms with Crippen LogP contribution in [0.5, 0.6) is 11.5 Å². The molecule has 3 aromatic carbocycles. The second-order valence-electron chi connectivity index (χ2n) is 7.44. The smallest absolute Gasteiger partial charge is 0.244 e. The Balaban J connectivity index is 1.33. The summed E-state index contributed by atoms with van der Waals surface area (Å²) in [5, 5.41) is 4.23. The minimum Gasteiger partial charge on any atom is -0.454 e. The molecule has 1 aromatic heterocycles. The van der Waals surface area contributed by atoms with Crippen LogP contribution < -0.4 is 14.8 Å². The van der Waals surface area contributed by atoms with Crippen LogP contribution in [0.3, 0.4) is 0 Å². The van der Waals surface area contributed by atoms with Crippen molar-refractivity contribution in [3.8, 4) is 11.5 Å². The molecule has 0 saturated carbocycles. The SMILES string of the molecule is O=C(/C=C/c1ccc2c(c1)OCO2)NC[C@@H](c1ccccc1)c1c[nH]c2ccccc12. The van der Waals surface area contributed by atoms with Crippen molar-refractivity contribution in [2.75, 3.05) is 13.3 Å². The molecule has 0 aliphatic carbocycles. The number of hydrogen-bond donors (Lipinski definition) is 2. The normalized spacial score (nSPS) is 13.5. The fourth-order valence-corrected chi connectivity index (χ4v) is 3.93. The highest BCUT2D eigenvalue weighted by Crippen LogP contribution is 2.33. The lowest BCUT2D eigenvalue weighted by molar-refractivity contribution is -0.116. The maximum absolute atomic E-state index is 12.6. The Bertz CT molecular complexity index is 1240. The van der Waals surface area contributed by atoms with E-state index in [4.69, 9.17) is 9.47 Å². The zero-order valence-corrected chi connectivity index (χ0v) is 16.9. The average molecular weight is 410 g/mol. The van der Waals surface area contributed by atoms with E-state index in [1.54, 1.807) is 12.2 Å². The van der Waals surface area contributed by atoms with Gasteiger partial charge in [-0.3, -0.25) is 4.79 Å². The number of carbonyl (C=O) groups excluding carboxylic acids is 1. The maximum atomic E-state index is 12.6. The maximum Gasteiger partial charge on any atom is 0.244 e. The molecule has 1 aliphatic heterocycles. The van der Waals surface area contributed by atoms with E-state index in [0.29, 0.717) is 12.3 Å². The molecule has 2 heterocycles. The highest BCUT2D eigenvalue weighted by Gasteiger charge is 2.18. The molecule has 2 N–H and O–H groups in total. The van der Waals surface area contributed by atoms with Gasteiger partial charge in [0.15, 0.2) is 11.5 Å². The number of benzene rings is 3. The lowest BCUT2D eigenvalue weighted by Gasteiger charge is -2.17. The molecule has 5 rings (SSSR count). The van der Waals surface area contributed by atoms with Crippen molar-refractivity contribution in [2.24, 2.45) is 0 Å². The van der Waals surface area contributed by atoms with Gasteiger partial charge in [-0.1, -0.05) is 54.6 Å². The lowest BCUT2D eigenvalue weighted by Crippen LogP contribution is -2.27. The fourth-order valence-electron chi connectivity index (χ4n) is 3.93. The Morgan fingerprint density at radius 3 is 2.71 bits per heavy atom. The Morgan fingerprint density at radius 2 is 1.81 bits per heavy atom. The summed E-state index contributed by atoms with van der Waals surface area (Å²) < 4.78 is 10.7. The predicted molar refractivity (Wildman–Crippen MR) is 121 cm³/mol. The van der Waals surface area contributed by atoms with Crippen LogP contribution in [-0.2, 0) is 4.79 Å². The van der Waals surface area contributed by atoms with Gasteiger partial charge in [0.25, 0.3) is 0 Å². The number of amides is 1. The lowest BCUT2D eigenvalue weighted by atomic mass is 9.91. The number of hydrogen-bond acceptors (Lipinski definition) is 3. The van der Waals surface area contributed by atoms with Gasteiger partial charge in [-0.05, 0) is 41.0 Å². The molecule has 1 atom stereocenters. The first-order valence-electron chi connectivity index (χ1n) is 10.2. The molecule has 154 valence electrons. The standard InChI is InChI=1S/C26H22N2O3/c29-26(13-11-18-10-12-24-25(14-18)31-17-30-24)28-15-21(19-6-2-1-3-7-19)22-16-27-23-9-5-4-8-20(22)23/h1-14,16,21,27H,15,17H2,(H,28,29)/b13-11+/t21-/m0/s1. The van der Waals surface area contributed by atoms with Crippen LogP contribution in [0.25, 0.3) is 17.0 Å². The number of nitrogens with one attached hydrogen (secondary N) is 2. The summed E-state index contributed by atoms with van der Waals surface area (Å²) >= 11 is 0. The molecule has 31 heavy (non-hydrogen) atoms. The van der Waals surface area contributed by atoms with Crippen molar-refractivity contribution in [2.45, 2.75) is 5.92 Å². The Morgan fingerprint density at radius 1 is 1.00 bits per heavy atom. The van der Waals surface area contributed by atoms with E-state index in [1.807, 2.05) is 54.7 Å². The summed E-state index contributed by atoms with van der Waals surface area (Å²) in [6.45, 7) is 0.730. The van der Waals surface area contributed by atoms with Crippen LogP contribution in [0, 0.1) is 0 Å². The van der Waals surface area contributed by atoms with Crippen LogP contribution in [-0.4, -0.2) is 24.2 Å². The summed E-state index contributed by atoms with van der Waals surface area (Å²) in [6, 6.07) is 24.1. The third-order valence-corrected chi connectivity index (χ3v) is 5.50. The van der Waals surface area contributed by atoms with E-state index in [1.165, 1.54) is 10.9 Å². The topological polar surface area (TPSA) is 63.4 Å². The van der Waals surface area contributed by atoms with E-state index < -0.39 is 0 Å². The van der Waals surface area contributed by atoms with Gasteiger partial charge in [0, 0.05) is 35.6 Å². The van der Waals surface area contributed by atoms with Crippen molar-refractivity contribution in [1.82, 2.24) is 10.3 Å². The fraction of sp³-hybridized carbons (Fsp3) is 0.115. The molecule has 1 aliphatic rings. The second kappa shape index (κ2) is 8.40. The summed E-state index contributed by atoms with van der Waals surface area (Å²) in [6.07, 6.45) is 5.37. The molecular formula is C26H22N2O3. The number of rotatable bonds is 6. The number of fused-ring (bicyclic) bond motifs is 2. The number of aromatic amines is 1. The van der Waals surface area contributed by atoms with Gasteiger partial charge in [0.1, 0.15) is 0 Å². The van der Waals surface area contributed by atoms with E-state index in [-0.39, 0.29) is 18.6 Å². The Kier molecular flexibility index (Phi) is 5.15. The van der Waals surface area contributed by atoms with E-state index in [0.717, 1.165) is 22.4 Å². The summed E-state index contributed by atoms with van der Waals surface area (Å²) in [4.78, 5) is 15.9. The number of para-hydroxylation sites is 1. The number of H-pyrrole nitrogens is 1. The van der Waals surface area contributed by atoms with Crippen molar-refractivity contribution in [1.29, 1.82) is 0 Å². The van der Waals surface area contributed by atoms with Gasteiger partial charge < -0.3 is 19.8 Å². The van der Waals surface area contributed by atoms with Crippen molar-refractivity contribution in [3.05, 3.63) is 102 Å². The first-order chi connectivity index (χ1) is 15.3. The van der Waals surface area contributed by atoms with Gasteiger partial charge >= 0.3 is 0 Å². The number of aromatic nitrogens is 1. The van der Waals surface area contributed by atoms with Gasteiger partial charge in [-0.25, -0.2) is 0 Å². The Labute approximate surface area is 180 Å². The Hall–Kier alpha value is -3.99. The summed E-state index contributed by atoms with van der Waals surface area (Å²) in [5.74, 6) is 1.33. The monoisotopic (exact) mass is 410 g/mol. The quantitative estimate of drug-likeness (QED) is 0.446. The largest absolute Gasteiger partial charge is 0.454 e. The van der Waals surface area contributed by atoms with Crippen LogP contribution in [0.4, 0.5) is 0 Å². The van der Waals surface area contributed by atoms with Crippen LogP contribution in [0.2, 0.25) is 0 Å². The van der Waals surface area contributed by atoms with Gasteiger partial charge in [0.05, 0.1) is 0 Å². The van der Waals surface area contributed by atoms with Crippen LogP contribution >= 0.6 is 0 Å². The molecule has 1 amide bonds. The highest BCUT2D eigenvalue weighted by molar-refractivity contribution is 5.92. The van der Waals surface area contributed by atoms with E-state index in [9.17, 15) is 4.79 Å². The molecule has 5 heteroatoms. The van der Waals surface area contributed by atoms with Gasteiger partial charge in [-0.2, -0.15) is 0 Å². The first kappa shape index (κ1) is 19.0. The summed E-state index contributed by atoms with van der Waals surface area (Å²) in [7, 11) is 0. The molecule has 5 nitrogen and oxygen atoms in total. The van der Waals surface area contributed by atoms with Crippen molar-refractivity contribution < 1.29 is 14.3 Å². The minimum absolute atomic E-state index is 0.0419. The van der Waals surface area contributed by atoms with E-state index in [2.05, 4.69) is 34.6 Å². The molecule has 0 fully saturated rings. The van der Waals surface area contributed by atoms with Gasteiger partial charge in [0.2, 0.25) is 12.7 Å². The third kappa shape index (κ3) is 4.03. The average Bonchev–Trinajstić information content (AvgIpc) is 3.45. The van der Waals surface area contributed by atoms with Crippen LogP contribution in [0.15, 0.2) is 85.1 Å². The molecule has 0 spiro atoms. The zero-order chi connectivity index (χ0) is 21.0. The molecule has 0 unspecified atom stereocenters. The number of ether oxygens (including phenoxy) is 2. The van der Waals surface area contributed by atoms with Gasteiger partial charge in [-0.15, -0.1) is 0 Å². The molecule has 0 radical (unpaired) electrons. The first-order valence-corrected chi connectivity index (χ1v) is 10.2. The highest BCUT2D eigenvalue weighted by atomic mass is 16.7. The predicted octanol–water partition coefficient (Wildman–Crippen LogP) is 4.86. The molecule has 4 aromatic rings. The minimum atomic E-state index is -0.140. The zero-order valence-electron chi connectivity index (χ0n) is 16.9. The second-order valence-corrected chi connectivity index (χ2v) is 7.44. The van der Waals surface area contributed by atoms with Crippen molar-refractivity contribution in [3.63, 3.8) is 0 Å².